The van der Waals surface area contributed by atoms with Crippen molar-refractivity contribution >= 4 is 17.2 Å². The fraction of sp³-hybridized carbons (Fsp3) is 0.565. The number of carbonyl (C=O) groups is 1. The van der Waals surface area contributed by atoms with E-state index in [9.17, 15) is 4.79 Å². The third-order valence-electron chi connectivity index (χ3n) is 4.87. The Morgan fingerprint density at radius 2 is 1.90 bits per heavy atom. The Morgan fingerprint density at radius 1 is 1.14 bits per heavy atom. The Kier molecular flexibility index (Phi) is 9.61. The van der Waals surface area contributed by atoms with Crippen molar-refractivity contribution < 1.29 is 9.53 Å². The predicted octanol–water partition coefficient (Wildman–Crippen LogP) is 4.97. The van der Waals surface area contributed by atoms with E-state index in [1.54, 1.807) is 7.11 Å². The number of carbonyl (C=O) groups excluding carboxylic acids is 1. The van der Waals surface area contributed by atoms with Crippen LogP contribution in [0.5, 0.6) is 5.75 Å². The smallest absolute Gasteiger partial charge is 0.263 e. The topological polar surface area (TPSA) is 63.2 Å². The summed E-state index contributed by atoms with van der Waals surface area (Å²) in [6.07, 6.45) is 4.72. The van der Waals surface area contributed by atoms with Gasteiger partial charge >= 0.3 is 0 Å². The highest BCUT2D eigenvalue weighted by atomic mass is 32.1. The minimum Gasteiger partial charge on any atom is -0.497 e. The molecule has 2 N–H and O–H groups in total. The first-order valence-electron chi connectivity index (χ1n) is 10.5. The lowest BCUT2D eigenvalue weighted by atomic mass is 10.1. The van der Waals surface area contributed by atoms with E-state index in [1.807, 2.05) is 32.0 Å². The highest BCUT2D eigenvalue weighted by Crippen LogP contribution is 2.32. The summed E-state index contributed by atoms with van der Waals surface area (Å²) in [5.41, 5.74) is 2.91. The first kappa shape index (κ1) is 23.4. The molecule has 0 unspecified atom stereocenters. The molecule has 0 aliphatic carbocycles. The van der Waals surface area contributed by atoms with E-state index in [0.717, 1.165) is 53.0 Å². The van der Waals surface area contributed by atoms with Gasteiger partial charge in [-0.1, -0.05) is 26.7 Å². The minimum atomic E-state index is -0.0330. The van der Waals surface area contributed by atoms with Crippen LogP contribution in [0.15, 0.2) is 18.2 Å². The van der Waals surface area contributed by atoms with Crippen LogP contribution in [-0.4, -0.2) is 37.6 Å². The Balaban J connectivity index is 1.77. The number of hydrogen-bond acceptors (Lipinski definition) is 5. The van der Waals surface area contributed by atoms with E-state index in [1.165, 1.54) is 30.6 Å². The highest BCUT2D eigenvalue weighted by molar-refractivity contribution is 7.17. The summed E-state index contributed by atoms with van der Waals surface area (Å²) in [6.45, 7) is 11.1. The number of amides is 1. The molecule has 2 rings (SSSR count). The number of unbranched alkanes of at least 4 members (excludes halogenated alkanes) is 1. The van der Waals surface area contributed by atoms with Crippen LogP contribution in [-0.2, 0) is 0 Å². The van der Waals surface area contributed by atoms with E-state index in [-0.39, 0.29) is 5.91 Å². The van der Waals surface area contributed by atoms with E-state index >= 15 is 0 Å². The van der Waals surface area contributed by atoms with Crippen LogP contribution in [0, 0.1) is 19.8 Å². The summed E-state index contributed by atoms with van der Waals surface area (Å²) in [7, 11) is 1.66. The monoisotopic (exact) mass is 417 g/mol. The third kappa shape index (κ3) is 7.44. The van der Waals surface area contributed by atoms with Gasteiger partial charge in [-0.15, -0.1) is 11.3 Å². The number of rotatable bonds is 12. The number of ether oxygens (including phenoxy) is 1. The molecule has 29 heavy (non-hydrogen) atoms. The average molecular weight is 418 g/mol. The standard InChI is InChI=1S/C23H35N3O2S/c1-16(2)9-6-7-12-24-13-8-14-25-22(27)21-18(4)26-23(29-21)20-11-10-19(28-5)15-17(20)3/h10-11,15-16,24H,6-9,12-14H2,1-5H3,(H,25,27). The largest absolute Gasteiger partial charge is 0.497 e. The molecular weight excluding hydrogens is 382 g/mol. The minimum absolute atomic E-state index is 0.0330. The van der Waals surface area contributed by atoms with Crippen LogP contribution in [0.25, 0.3) is 10.6 Å². The molecular formula is C23H35N3O2S. The summed E-state index contributed by atoms with van der Waals surface area (Å²) in [5.74, 6) is 1.58. The molecule has 1 amide bonds. The molecule has 0 saturated carbocycles. The second-order valence-electron chi connectivity index (χ2n) is 7.86. The van der Waals surface area contributed by atoms with Gasteiger partial charge in [0.05, 0.1) is 12.8 Å². The summed E-state index contributed by atoms with van der Waals surface area (Å²) in [6, 6.07) is 5.91. The molecule has 1 heterocycles. The molecule has 0 saturated heterocycles. The van der Waals surface area contributed by atoms with E-state index < -0.39 is 0 Å². The van der Waals surface area contributed by atoms with Crippen LogP contribution in [0.2, 0.25) is 0 Å². The molecule has 160 valence electrons. The van der Waals surface area contributed by atoms with Gasteiger partial charge in [0.1, 0.15) is 15.6 Å². The van der Waals surface area contributed by atoms with Gasteiger partial charge in [0.25, 0.3) is 5.91 Å². The molecule has 6 heteroatoms. The molecule has 0 bridgehead atoms. The average Bonchev–Trinajstić information content (AvgIpc) is 3.07. The van der Waals surface area contributed by atoms with Crippen LogP contribution >= 0.6 is 11.3 Å². The molecule has 0 aliphatic heterocycles. The molecule has 0 atom stereocenters. The van der Waals surface area contributed by atoms with Crippen molar-refractivity contribution in [1.29, 1.82) is 0 Å². The molecule has 1 aromatic heterocycles. The number of nitrogens with one attached hydrogen (secondary N) is 2. The second kappa shape index (κ2) is 11.9. The normalized spacial score (nSPS) is 11.1. The Hall–Kier alpha value is -1.92. The number of aryl methyl sites for hydroxylation is 2. The fourth-order valence-electron chi connectivity index (χ4n) is 3.15. The maximum absolute atomic E-state index is 12.6. The molecule has 0 spiro atoms. The number of benzene rings is 1. The van der Waals surface area contributed by atoms with Gasteiger partial charge in [0.2, 0.25) is 0 Å². The lowest BCUT2D eigenvalue weighted by Gasteiger charge is -2.07. The predicted molar refractivity (Wildman–Crippen MR) is 122 cm³/mol. The van der Waals surface area contributed by atoms with Crippen molar-refractivity contribution in [2.24, 2.45) is 5.92 Å². The van der Waals surface area contributed by atoms with E-state index in [4.69, 9.17) is 4.74 Å². The van der Waals surface area contributed by atoms with Crippen LogP contribution in [0.1, 0.15) is 60.5 Å². The second-order valence-corrected chi connectivity index (χ2v) is 8.86. The quantitative estimate of drug-likeness (QED) is 0.479. The molecule has 0 fully saturated rings. The van der Waals surface area contributed by atoms with E-state index in [0.29, 0.717) is 11.4 Å². The molecule has 1 aromatic carbocycles. The zero-order valence-electron chi connectivity index (χ0n) is 18.4. The third-order valence-corrected chi connectivity index (χ3v) is 6.06. The van der Waals surface area contributed by atoms with Crippen molar-refractivity contribution in [3.8, 4) is 16.3 Å². The van der Waals surface area contributed by atoms with Crippen molar-refractivity contribution in [3.05, 3.63) is 34.3 Å². The fourth-order valence-corrected chi connectivity index (χ4v) is 4.22. The zero-order chi connectivity index (χ0) is 21.2. The maximum Gasteiger partial charge on any atom is 0.263 e. The number of nitrogens with zero attached hydrogens (tertiary/aromatic N) is 1. The lowest BCUT2D eigenvalue weighted by molar-refractivity contribution is 0.0956. The van der Waals surface area contributed by atoms with E-state index in [2.05, 4.69) is 29.5 Å². The van der Waals surface area contributed by atoms with Crippen molar-refractivity contribution in [3.63, 3.8) is 0 Å². The lowest BCUT2D eigenvalue weighted by Crippen LogP contribution is -2.27. The van der Waals surface area contributed by atoms with Gasteiger partial charge in [-0.3, -0.25) is 4.79 Å². The summed E-state index contributed by atoms with van der Waals surface area (Å²) in [5, 5.41) is 7.35. The Bertz CT molecular complexity index is 786. The van der Waals surface area contributed by atoms with Gasteiger partial charge in [-0.25, -0.2) is 4.98 Å². The van der Waals surface area contributed by atoms with Gasteiger partial charge < -0.3 is 15.4 Å². The number of hydrogen-bond donors (Lipinski definition) is 2. The van der Waals surface area contributed by atoms with Crippen LogP contribution in [0.4, 0.5) is 0 Å². The Labute approximate surface area is 179 Å². The number of methoxy groups -OCH3 is 1. The molecule has 5 nitrogen and oxygen atoms in total. The van der Waals surface area contributed by atoms with Gasteiger partial charge in [0.15, 0.2) is 0 Å². The SMILES string of the molecule is COc1ccc(-c2nc(C)c(C(=O)NCCCNCCCCC(C)C)s2)c(C)c1. The summed E-state index contributed by atoms with van der Waals surface area (Å²) < 4.78 is 5.27. The molecule has 2 aromatic rings. The first-order valence-corrected chi connectivity index (χ1v) is 11.4. The highest BCUT2D eigenvalue weighted by Gasteiger charge is 2.17. The van der Waals surface area contributed by atoms with Crippen molar-refractivity contribution in [2.45, 2.75) is 53.4 Å². The molecule has 0 radical (unpaired) electrons. The van der Waals surface area contributed by atoms with Crippen LogP contribution < -0.4 is 15.4 Å². The molecule has 0 aliphatic rings. The van der Waals surface area contributed by atoms with Gasteiger partial charge in [0, 0.05) is 12.1 Å². The van der Waals surface area contributed by atoms with Crippen LogP contribution in [0.3, 0.4) is 0 Å². The maximum atomic E-state index is 12.6. The van der Waals surface area contributed by atoms with Crippen molar-refractivity contribution in [1.82, 2.24) is 15.6 Å². The number of aromatic nitrogens is 1. The summed E-state index contributed by atoms with van der Waals surface area (Å²) >= 11 is 1.45. The first-order chi connectivity index (χ1) is 13.9. The van der Waals surface area contributed by atoms with Gasteiger partial charge in [-0.2, -0.15) is 0 Å². The Morgan fingerprint density at radius 3 is 2.59 bits per heavy atom. The van der Waals surface area contributed by atoms with Crippen molar-refractivity contribution in [2.75, 3.05) is 26.7 Å². The summed E-state index contributed by atoms with van der Waals surface area (Å²) in [4.78, 5) is 17.9. The number of thiazole rings is 1. The van der Waals surface area contributed by atoms with Gasteiger partial charge in [-0.05, 0) is 69.5 Å². The zero-order valence-corrected chi connectivity index (χ0v) is 19.2.